The zero-order valence-corrected chi connectivity index (χ0v) is 13.9. The number of hydrogen-bond donors (Lipinski definition) is 3. The normalized spacial score (nSPS) is 20.7. The fourth-order valence-corrected chi connectivity index (χ4v) is 2.69. The molecule has 2 unspecified atom stereocenters. The second-order valence-electron chi connectivity index (χ2n) is 7.19. The first-order chi connectivity index (χ1) is 9.78. The molecule has 1 saturated heterocycles. The van der Waals surface area contributed by atoms with Crippen molar-refractivity contribution in [2.24, 2.45) is 11.8 Å². The highest BCUT2D eigenvalue weighted by atomic mass is 16.2. The van der Waals surface area contributed by atoms with Gasteiger partial charge in [0.15, 0.2) is 0 Å². The van der Waals surface area contributed by atoms with Crippen LogP contribution in [0.4, 0.5) is 0 Å². The third-order valence-corrected chi connectivity index (χ3v) is 3.84. The molecule has 0 aromatic heterocycles. The van der Waals surface area contributed by atoms with Crippen LogP contribution in [0.2, 0.25) is 0 Å². The highest BCUT2D eigenvalue weighted by molar-refractivity contribution is 5.79. The number of nitrogens with one attached hydrogen (secondary N) is 3. The van der Waals surface area contributed by atoms with Gasteiger partial charge in [-0.15, -0.1) is 0 Å². The van der Waals surface area contributed by atoms with Crippen molar-refractivity contribution in [3.63, 3.8) is 0 Å². The zero-order chi connectivity index (χ0) is 15.9. The van der Waals surface area contributed by atoms with Crippen molar-refractivity contribution >= 4 is 11.8 Å². The average Bonchev–Trinajstić information content (AvgIpc) is 2.37. The summed E-state index contributed by atoms with van der Waals surface area (Å²) < 4.78 is 0. The third-order valence-electron chi connectivity index (χ3n) is 3.84. The van der Waals surface area contributed by atoms with Gasteiger partial charge in [0.25, 0.3) is 0 Å². The molecule has 1 fully saturated rings. The molecule has 5 nitrogen and oxygen atoms in total. The van der Waals surface area contributed by atoms with Gasteiger partial charge in [-0.2, -0.15) is 0 Å². The highest BCUT2D eigenvalue weighted by Gasteiger charge is 2.22. The summed E-state index contributed by atoms with van der Waals surface area (Å²) in [5.74, 6) is 1.01. The first-order valence-corrected chi connectivity index (χ1v) is 8.06. The van der Waals surface area contributed by atoms with E-state index < -0.39 is 0 Å². The molecule has 3 N–H and O–H groups in total. The molecule has 1 rings (SSSR count). The fraction of sp³-hybridized carbons (Fsp3) is 0.875. The van der Waals surface area contributed by atoms with E-state index in [9.17, 15) is 9.59 Å². The van der Waals surface area contributed by atoms with Gasteiger partial charge in [0.1, 0.15) is 0 Å². The molecule has 0 aromatic carbocycles. The molecule has 0 spiro atoms. The fourth-order valence-electron chi connectivity index (χ4n) is 2.69. The number of rotatable bonds is 6. The van der Waals surface area contributed by atoms with Crippen LogP contribution in [0.3, 0.4) is 0 Å². The van der Waals surface area contributed by atoms with Crippen LogP contribution >= 0.6 is 0 Å². The molecule has 2 amide bonds. The molecule has 2 atom stereocenters. The van der Waals surface area contributed by atoms with Gasteiger partial charge in [0, 0.05) is 24.9 Å². The Kier molecular flexibility index (Phi) is 7.15. The van der Waals surface area contributed by atoms with Gasteiger partial charge in [0.2, 0.25) is 11.8 Å². The minimum atomic E-state index is -0.219. The molecule has 5 heteroatoms. The maximum atomic E-state index is 11.9. The van der Waals surface area contributed by atoms with E-state index in [1.54, 1.807) is 0 Å². The van der Waals surface area contributed by atoms with Crippen LogP contribution < -0.4 is 16.0 Å². The van der Waals surface area contributed by atoms with Gasteiger partial charge < -0.3 is 16.0 Å². The van der Waals surface area contributed by atoms with E-state index in [2.05, 4.69) is 22.9 Å². The van der Waals surface area contributed by atoms with Crippen molar-refractivity contribution in [3.8, 4) is 0 Å². The summed E-state index contributed by atoms with van der Waals surface area (Å²) >= 11 is 0. The molecular formula is C16H31N3O2. The number of hydrogen-bond acceptors (Lipinski definition) is 3. The molecule has 21 heavy (non-hydrogen) atoms. The molecule has 122 valence electrons. The maximum absolute atomic E-state index is 11.9. The number of carbonyl (C=O) groups excluding carboxylic acids is 2. The SMILES string of the molecule is CC(CC(=O)NCCC(=O)NC(C)(C)C)C1CCCNC1. The molecule has 0 saturated carbocycles. The Morgan fingerprint density at radius 1 is 1.29 bits per heavy atom. The zero-order valence-electron chi connectivity index (χ0n) is 13.9. The summed E-state index contributed by atoms with van der Waals surface area (Å²) in [5, 5.41) is 9.12. The third kappa shape index (κ3) is 8.05. The monoisotopic (exact) mass is 297 g/mol. The van der Waals surface area contributed by atoms with E-state index in [-0.39, 0.29) is 17.4 Å². The smallest absolute Gasteiger partial charge is 0.222 e. The summed E-state index contributed by atoms with van der Waals surface area (Å²) in [4.78, 5) is 23.5. The quantitative estimate of drug-likeness (QED) is 0.694. The second-order valence-corrected chi connectivity index (χ2v) is 7.19. The number of amides is 2. The Morgan fingerprint density at radius 3 is 2.57 bits per heavy atom. The van der Waals surface area contributed by atoms with Gasteiger partial charge in [-0.3, -0.25) is 9.59 Å². The van der Waals surface area contributed by atoms with Crippen molar-refractivity contribution in [2.75, 3.05) is 19.6 Å². The summed E-state index contributed by atoms with van der Waals surface area (Å²) in [6.07, 6.45) is 3.29. The Balaban J connectivity index is 2.17. The molecule has 1 aliphatic rings. The molecule has 1 aliphatic heterocycles. The largest absolute Gasteiger partial charge is 0.356 e. The number of carbonyl (C=O) groups is 2. The first kappa shape index (κ1) is 18.0. The average molecular weight is 297 g/mol. The molecule has 0 bridgehead atoms. The Hall–Kier alpha value is -1.10. The lowest BCUT2D eigenvalue weighted by molar-refractivity contribution is -0.123. The predicted molar refractivity (Wildman–Crippen MR) is 84.9 cm³/mol. The second kappa shape index (κ2) is 8.37. The van der Waals surface area contributed by atoms with E-state index in [1.807, 2.05) is 20.8 Å². The van der Waals surface area contributed by atoms with Crippen LogP contribution in [0.1, 0.15) is 53.4 Å². The standard InChI is InChI=1S/C16H31N3O2/c1-12(13-6-5-8-17-11-13)10-15(21)18-9-7-14(20)19-16(2,3)4/h12-13,17H,5-11H2,1-4H3,(H,18,21)(H,19,20). The lowest BCUT2D eigenvalue weighted by Crippen LogP contribution is -2.42. The van der Waals surface area contributed by atoms with Gasteiger partial charge >= 0.3 is 0 Å². The maximum Gasteiger partial charge on any atom is 0.222 e. The van der Waals surface area contributed by atoms with Crippen LogP contribution in [0, 0.1) is 11.8 Å². The lowest BCUT2D eigenvalue weighted by Gasteiger charge is -2.28. The Labute approximate surface area is 128 Å². The molecule has 0 radical (unpaired) electrons. The predicted octanol–water partition coefficient (Wildman–Crippen LogP) is 1.43. The topological polar surface area (TPSA) is 70.2 Å². The van der Waals surface area contributed by atoms with Crippen LogP contribution in [0.25, 0.3) is 0 Å². The summed E-state index contributed by atoms with van der Waals surface area (Å²) in [6.45, 7) is 10.5. The van der Waals surface area contributed by atoms with E-state index in [0.29, 0.717) is 31.2 Å². The van der Waals surface area contributed by atoms with Gasteiger partial charge in [0.05, 0.1) is 0 Å². The van der Waals surface area contributed by atoms with Crippen molar-refractivity contribution < 1.29 is 9.59 Å². The van der Waals surface area contributed by atoms with Crippen LogP contribution in [-0.2, 0) is 9.59 Å². The molecule has 0 aromatic rings. The van der Waals surface area contributed by atoms with Crippen molar-refractivity contribution in [2.45, 2.75) is 58.9 Å². The van der Waals surface area contributed by atoms with Crippen molar-refractivity contribution in [1.29, 1.82) is 0 Å². The van der Waals surface area contributed by atoms with E-state index in [4.69, 9.17) is 0 Å². The minimum absolute atomic E-state index is 0.0210. The van der Waals surface area contributed by atoms with E-state index in [1.165, 1.54) is 12.8 Å². The molecular weight excluding hydrogens is 266 g/mol. The summed E-state index contributed by atoms with van der Waals surface area (Å²) in [6, 6.07) is 0. The van der Waals surface area contributed by atoms with Crippen LogP contribution in [0.5, 0.6) is 0 Å². The lowest BCUT2D eigenvalue weighted by atomic mass is 9.85. The Morgan fingerprint density at radius 2 is 2.00 bits per heavy atom. The molecule has 0 aliphatic carbocycles. The van der Waals surface area contributed by atoms with Gasteiger partial charge in [-0.1, -0.05) is 6.92 Å². The molecule has 1 heterocycles. The minimum Gasteiger partial charge on any atom is -0.356 e. The Bertz CT molecular complexity index is 344. The summed E-state index contributed by atoms with van der Waals surface area (Å²) in [5.41, 5.74) is -0.219. The highest BCUT2D eigenvalue weighted by Crippen LogP contribution is 2.22. The van der Waals surface area contributed by atoms with Gasteiger partial charge in [-0.05, 0) is 58.5 Å². The first-order valence-electron chi connectivity index (χ1n) is 8.06. The van der Waals surface area contributed by atoms with Gasteiger partial charge in [-0.25, -0.2) is 0 Å². The van der Waals surface area contributed by atoms with Crippen molar-refractivity contribution in [1.82, 2.24) is 16.0 Å². The van der Waals surface area contributed by atoms with Crippen molar-refractivity contribution in [3.05, 3.63) is 0 Å². The number of piperidine rings is 1. The van der Waals surface area contributed by atoms with E-state index >= 15 is 0 Å². The van der Waals surface area contributed by atoms with E-state index in [0.717, 1.165) is 13.1 Å². The van der Waals surface area contributed by atoms with Crippen LogP contribution in [0.15, 0.2) is 0 Å². The van der Waals surface area contributed by atoms with Crippen LogP contribution in [-0.4, -0.2) is 37.0 Å². The summed E-state index contributed by atoms with van der Waals surface area (Å²) in [7, 11) is 0.